The molecule has 16 heavy (non-hydrogen) atoms. The molecule has 0 atom stereocenters. The first-order chi connectivity index (χ1) is 7.50. The lowest BCUT2D eigenvalue weighted by Gasteiger charge is -2.11. The maximum atomic E-state index is 4.61. The van der Waals surface area contributed by atoms with Crippen LogP contribution in [-0.4, -0.2) is 9.55 Å². The molecule has 0 radical (unpaired) electrons. The van der Waals surface area contributed by atoms with Crippen LogP contribution < -0.4 is 0 Å². The normalized spacial score (nSPS) is 10.8. The third kappa shape index (κ3) is 1.80. The number of rotatable bonds is 1. The minimum absolute atomic E-state index is 0.998. The Kier molecular flexibility index (Phi) is 2.89. The molecule has 2 nitrogen and oxygen atoms in total. The molecular formula is C13H15BrN2. The van der Waals surface area contributed by atoms with Gasteiger partial charge in [-0.25, -0.2) is 4.98 Å². The Labute approximate surface area is 104 Å². The van der Waals surface area contributed by atoms with Gasteiger partial charge in [0.25, 0.3) is 0 Å². The number of pyridine rings is 1. The zero-order valence-electron chi connectivity index (χ0n) is 10.0. The van der Waals surface area contributed by atoms with Crippen molar-refractivity contribution >= 4 is 15.9 Å². The van der Waals surface area contributed by atoms with Crippen molar-refractivity contribution in [2.75, 3.05) is 0 Å². The summed E-state index contributed by atoms with van der Waals surface area (Å²) >= 11 is 3.54. The molecule has 2 aromatic heterocycles. The second kappa shape index (κ2) is 4.06. The predicted octanol–water partition coefficient (Wildman–Crippen LogP) is 3.87. The van der Waals surface area contributed by atoms with Gasteiger partial charge in [0.05, 0.1) is 5.69 Å². The van der Waals surface area contributed by atoms with Crippen LogP contribution in [0, 0.1) is 27.7 Å². The van der Waals surface area contributed by atoms with Gasteiger partial charge in [-0.3, -0.25) is 0 Å². The van der Waals surface area contributed by atoms with E-state index < -0.39 is 0 Å². The highest BCUT2D eigenvalue weighted by Crippen LogP contribution is 2.23. The summed E-state index contributed by atoms with van der Waals surface area (Å²) in [5, 5.41) is 0. The molecule has 0 aliphatic carbocycles. The predicted molar refractivity (Wildman–Crippen MR) is 70.2 cm³/mol. The molecule has 2 rings (SSSR count). The molecule has 0 unspecified atom stereocenters. The second-order valence-corrected chi connectivity index (χ2v) is 4.94. The van der Waals surface area contributed by atoms with Gasteiger partial charge in [-0.1, -0.05) is 0 Å². The molecule has 84 valence electrons. The van der Waals surface area contributed by atoms with Crippen molar-refractivity contribution < 1.29 is 0 Å². The van der Waals surface area contributed by atoms with E-state index in [4.69, 9.17) is 0 Å². The van der Waals surface area contributed by atoms with Crippen molar-refractivity contribution in [2.45, 2.75) is 27.7 Å². The van der Waals surface area contributed by atoms with E-state index >= 15 is 0 Å². The van der Waals surface area contributed by atoms with Crippen LogP contribution in [0.4, 0.5) is 0 Å². The number of aryl methyl sites for hydroxylation is 4. The molecule has 0 fully saturated rings. The summed E-state index contributed by atoms with van der Waals surface area (Å²) in [6.45, 7) is 8.31. The van der Waals surface area contributed by atoms with Crippen molar-refractivity contribution in [2.24, 2.45) is 0 Å². The van der Waals surface area contributed by atoms with Crippen LogP contribution in [0.1, 0.15) is 22.6 Å². The molecule has 2 aromatic rings. The molecule has 0 bridgehead atoms. The molecule has 0 amide bonds. The van der Waals surface area contributed by atoms with Crippen molar-refractivity contribution in [3.05, 3.63) is 45.3 Å². The van der Waals surface area contributed by atoms with Crippen LogP contribution in [-0.2, 0) is 0 Å². The molecule has 0 saturated carbocycles. The Bertz CT molecular complexity index is 498. The Morgan fingerprint density at radius 1 is 1.06 bits per heavy atom. The SMILES string of the molecule is Cc1cc(-n2c(C)ccc2C)nc(C)c1Br. The van der Waals surface area contributed by atoms with E-state index in [0.717, 1.165) is 16.0 Å². The van der Waals surface area contributed by atoms with Crippen LogP contribution in [0.25, 0.3) is 5.82 Å². The van der Waals surface area contributed by atoms with E-state index in [1.807, 2.05) is 6.92 Å². The highest BCUT2D eigenvalue weighted by Gasteiger charge is 2.08. The van der Waals surface area contributed by atoms with E-state index in [-0.39, 0.29) is 0 Å². The van der Waals surface area contributed by atoms with Gasteiger partial charge in [0.15, 0.2) is 0 Å². The standard InChI is InChI=1S/C13H15BrN2/c1-8-7-12(15-11(4)13(8)14)16-9(2)5-6-10(16)3/h5-7H,1-4H3. The van der Waals surface area contributed by atoms with Crippen LogP contribution in [0.5, 0.6) is 0 Å². The average molecular weight is 279 g/mol. The highest BCUT2D eigenvalue weighted by atomic mass is 79.9. The van der Waals surface area contributed by atoms with Gasteiger partial charge in [0.2, 0.25) is 0 Å². The van der Waals surface area contributed by atoms with Crippen LogP contribution in [0.2, 0.25) is 0 Å². The van der Waals surface area contributed by atoms with Gasteiger partial charge in [0.1, 0.15) is 5.82 Å². The molecule has 0 aliphatic heterocycles. The van der Waals surface area contributed by atoms with E-state index in [0.29, 0.717) is 0 Å². The number of hydrogen-bond donors (Lipinski definition) is 0. The lowest BCUT2D eigenvalue weighted by molar-refractivity contribution is 0.906. The molecule has 0 N–H and O–H groups in total. The Balaban J connectivity index is 2.66. The number of aromatic nitrogens is 2. The highest BCUT2D eigenvalue weighted by molar-refractivity contribution is 9.10. The van der Waals surface area contributed by atoms with Gasteiger partial charge in [0, 0.05) is 15.9 Å². The first-order valence-electron chi connectivity index (χ1n) is 5.30. The molecule has 0 aliphatic rings. The van der Waals surface area contributed by atoms with Crippen molar-refractivity contribution in [3.8, 4) is 5.82 Å². The molecular weight excluding hydrogens is 264 g/mol. The van der Waals surface area contributed by atoms with E-state index in [1.54, 1.807) is 0 Å². The summed E-state index contributed by atoms with van der Waals surface area (Å²) in [7, 11) is 0. The minimum atomic E-state index is 0.998. The average Bonchev–Trinajstić information content (AvgIpc) is 2.54. The lowest BCUT2D eigenvalue weighted by Crippen LogP contribution is -2.03. The Morgan fingerprint density at radius 2 is 1.62 bits per heavy atom. The van der Waals surface area contributed by atoms with Crippen LogP contribution in [0.3, 0.4) is 0 Å². The summed E-state index contributed by atoms with van der Waals surface area (Å²) in [5.41, 5.74) is 4.68. The van der Waals surface area contributed by atoms with Crippen molar-refractivity contribution in [1.82, 2.24) is 9.55 Å². The van der Waals surface area contributed by atoms with E-state index in [1.165, 1.54) is 17.0 Å². The molecule has 0 spiro atoms. The largest absolute Gasteiger partial charge is 0.303 e. The summed E-state index contributed by atoms with van der Waals surface area (Å²) in [4.78, 5) is 4.61. The maximum absolute atomic E-state index is 4.61. The van der Waals surface area contributed by atoms with Gasteiger partial charge in [-0.15, -0.1) is 0 Å². The Morgan fingerprint density at radius 3 is 2.12 bits per heavy atom. The second-order valence-electron chi connectivity index (χ2n) is 4.15. The molecule has 0 saturated heterocycles. The number of halogens is 1. The first kappa shape index (κ1) is 11.4. The van der Waals surface area contributed by atoms with Gasteiger partial charge < -0.3 is 4.57 Å². The fourth-order valence-electron chi connectivity index (χ4n) is 1.94. The summed E-state index contributed by atoms with van der Waals surface area (Å²) < 4.78 is 3.27. The van der Waals surface area contributed by atoms with Crippen molar-refractivity contribution in [1.29, 1.82) is 0 Å². The first-order valence-corrected chi connectivity index (χ1v) is 6.09. The Hall–Kier alpha value is -1.09. The molecule has 3 heteroatoms. The van der Waals surface area contributed by atoms with Gasteiger partial charge in [-0.2, -0.15) is 0 Å². The summed E-state index contributed by atoms with van der Waals surface area (Å²) in [6.07, 6.45) is 0. The fraction of sp³-hybridized carbons (Fsp3) is 0.308. The topological polar surface area (TPSA) is 17.8 Å². The lowest BCUT2D eigenvalue weighted by atomic mass is 10.2. The summed E-state index contributed by atoms with van der Waals surface area (Å²) in [5.74, 6) is 0.998. The van der Waals surface area contributed by atoms with Gasteiger partial charge >= 0.3 is 0 Å². The van der Waals surface area contributed by atoms with Crippen LogP contribution in [0.15, 0.2) is 22.7 Å². The maximum Gasteiger partial charge on any atom is 0.137 e. The quantitative estimate of drug-likeness (QED) is 0.774. The van der Waals surface area contributed by atoms with E-state index in [9.17, 15) is 0 Å². The van der Waals surface area contributed by atoms with Gasteiger partial charge in [-0.05, 0) is 67.4 Å². The molecule has 0 aromatic carbocycles. The van der Waals surface area contributed by atoms with Crippen molar-refractivity contribution in [3.63, 3.8) is 0 Å². The minimum Gasteiger partial charge on any atom is -0.303 e. The third-order valence-electron chi connectivity index (χ3n) is 2.79. The summed E-state index contributed by atoms with van der Waals surface area (Å²) in [6, 6.07) is 6.34. The smallest absolute Gasteiger partial charge is 0.137 e. The fourth-order valence-corrected chi connectivity index (χ4v) is 2.14. The van der Waals surface area contributed by atoms with E-state index in [2.05, 4.69) is 64.5 Å². The van der Waals surface area contributed by atoms with Crippen LogP contribution >= 0.6 is 15.9 Å². The zero-order chi connectivity index (χ0) is 11.9. The zero-order valence-corrected chi connectivity index (χ0v) is 11.6. The molecule has 2 heterocycles. The number of nitrogens with zero attached hydrogens (tertiary/aromatic N) is 2. The number of hydrogen-bond acceptors (Lipinski definition) is 1. The monoisotopic (exact) mass is 278 g/mol. The third-order valence-corrected chi connectivity index (χ3v) is 3.99.